The fourth-order valence-electron chi connectivity index (χ4n) is 2.93. The monoisotopic (exact) mass is 343 g/mol. The summed E-state index contributed by atoms with van der Waals surface area (Å²) in [5.74, 6) is 0. The van der Waals surface area contributed by atoms with Crippen LogP contribution in [0.1, 0.15) is 30.6 Å². The zero-order chi connectivity index (χ0) is 18.4. The van der Waals surface area contributed by atoms with Crippen molar-refractivity contribution >= 4 is 11.4 Å². The largest absolute Gasteiger partial charge is 0.399 e. The highest BCUT2D eigenvalue weighted by atomic mass is 14.9. The van der Waals surface area contributed by atoms with Crippen LogP contribution in [0.4, 0.5) is 5.69 Å². The summed E-state index contributed by atoms with van der Waals surface area (Å²) in [6.45, 7) is 2.21. The van der Waals surface area contributed by atoms with Gasteiger partial charge in [0.05, 0.1) is 5.71 Å². The van der Waals surface area contributed by atoms with Gasteiger partial charge in [0.25, 0.3) is 0 Å². The lowest BCUT2D eigenvalue weighted by atomic mass is 9.83. The zero-order valence-electron chi connectivity index (χ0n) is 15.0. The van der Waals surface area contributed by atoms with E-state index >= 15 is 0 Å². The first kappa shape index (κ1) is 17.9. The van der Waals surface area contributed by atoms with E-state index < -0.39 is 6.17 Å². The molecule has 0 fully saturated rings. The smallest absolute Gasteiger partial charge is 0.123 e. The summed E-state index contributed by atoms with van der Waals surface area (Å²) in [6.07, 6.45) is 13.3. The van der Waals surface area contributed by atoms with Crippen molar-refractivity contribution in [2.75, 3.05) is 5.73 Å². The van der Waals surface area contributed by atoms with Gasteiger partial charge in [0, 0.05) is 11.1 Å². The molecule has 0 spiro atoms. The maximum absolute atomic E-state index is 6.34. The van der Waals surface area contributed by atoms with Crippen LogP contribution in [-0.4, -0.2) is 5.71 Å². The number of rotatable bonds is 5. The molecule has 0 aliphatic heterocycles. The van der Waals surface area contributed by atoms with Crippen LogP contribution >= 0.6 is 0 Å². The van der Waals surface area contributed by atoms with Gasteiger partial charge in [-0.3, -0.25) is 4.99 Å². The Labute approximate surface area is 155 Å². The predicted molar refractivity (Wildman–Crippen MR) is 111 cm³/mol. The quantitative estimate of drug-likeness (QED) is 0.605. The van der Waals surface area contributed by atoms with Crippen LogP contribution in [0, 0.1) is 5.41 Å². The number of hydrogen-bond acceptors (Lipinski definition) is 3. The molecule has 2 atom stereocenters. The first-order valence-electron chi connectivity index (χ1n) is 8.84. The minimum atomic E-state index is -0.465. The molecule has 26 heavy (non-hydrogen) atoms. The Morgan fingerprint density at radius 3 is 2.62 bits per heavy atom. The lowest BCUT2D eigenvalue weighted by molar-refractivity contribution is 0.557. The summed E-state index contributed by atoms with van der Waals surface area (Å²) in [4.78, 5) is 4.78. The van der Waals surface area contributed by atoms with Gasteiger partial charge in [0.2, 0.25) is 0 Å². The third-order valence-corrected chi connectivity index (χ3v) is 4.50. The molecule has 1 aliphatic carbocycles. The predicted octanol–water partition coefficient (Wildman–Crippen LogP) is 4.79. The molecule has 1 aliphatic rings. The van der Waals surface area contributed by atoms with E-state index in [1.54, 1.807) is 0 Å². The first-order valence-corrected chi connectivity index (χ1v) is 8.84. The topological polar surface area (TPSA) is 64.4 Å². The van der Waals surface area contributed by atoms with E-state index in [1.807, 2.05) is 54.6 Å². The second kappa shape index (κ2) is 7.98. The second-order valence-corrected chi connectivity index (χ2v) is 6.83. The molecule has 0 saturated heterocycles. The van der Waals surface area contributed by atoms with Gasteiger partial charge in [-0.2, -0.15) is 0 Å². The number of aliphatic imine (C=N–C) groups is 1. The van der Waals surface area contributed by atoms with Crippen LogP contribution in [0.2, 0.25) is 0 Å². The van der Waals surface area contributed by atoms with E-state index in [9.17, 15) is 0 Å². The highest BCUT2D eigenvalue weighted by Crippen LogP contribution is 2.29. The van der Waals surface area contributed by atoms with Crippen LogP contribution in [0.15, 0.2) is 96.0 Å². The van der Waals surface area contributed by atoms with Gasteiger partial charge in [-0.1, -0.05) is 79.8 Å². The molecule has 3 heteroatoms. The number of nitrogens with zero attached hydrogens (tertiary/aromatic N) is 1. The van der Waals surface area contributed by atoms with Gasteiger partial charge in [0.15, 0.2) is 0 Å². The van der Waals surface area contributed by atoms with Crippen molar-refractivity contribution in [2.24, 2.45) is 16.1 Å². The Balaban J connectivity index is 1.93. The molecule has 4 N–H and O–H groups in total. The summed E-state index contributed by atoms with van der Waals surface area (Å²) >= 11 is 0. The molecule has 2 aromatic carbocycles. The average Bonchev–Trinajstić information content (AvgIpc) is 2.66. The van der Waals surface area contributed by atoms with Gasteiger partial charge in [-0.05, 0) is 35.8 Å². The van der Waals surface area contributed by atoms with Gasteiger partial charge >= 0.3 is 0 Å². The molecule has 0 saturated carbocycles. The molecule has 3 nitrogen and oxygen atoms in total. The van der Waals surface area contributed by atoms with E-state index in [0.29, 0.717) is 5.69 Å². The molecule has 2 aromatic rings. The van der Waals surface area contributed by atoms with E-state index in [0.717, 1.165) is 23.3 Å². The molecule has 0 amide bonds. The fourth-order valence-corrected chi connectivity index (χ4v) is 2.93. The van der Waals surface area contributed by atoms with Crippen LogP contribution in [0.5, 0.6) is 0 Å². The van der Waals surface area contributed by atoms with Gasteiger partial charge < -0.3 is 11.5 Å². The van der Waals surface area contributed by atoms with Crippen molar-refractivity contribution in [1.29, 1.82) is 0 Å². The Bertz CT molecular complexity index is 862. The summed E-state index contributed by atoms with van der Waals surface area (Å²) in [7, 11) is 0. The maximum atomic E-state index is 6.34. The van der Waals surface area contributed by atoms with Crippen LogP contribution in [0.25, 0.3) is 0 Å². The normalized spacial score (nSPS) is 21.2. The molecule has 0 radical (unpaired) electrons. The minimum Gasteiger partial charge on any atom is -0.399 e. The third kappa shape index (κ3) is 4.58. The van der Waals surface area contributed by atoms with Gasteiger partial charge in [0.1, 0.15) is 6.17 Å². The Hall–Kier alpha value is -2.91. The van der Waals surface area contributed by atoms with Crippen molar-refractivity contribution in [1.82, 2.24) is 0 Å². The molecular formula is C23H25N3. The Kier molecular flexibility index (Phi) is 5.49. The third-order valence-electron chi connectivity index (χ3n) is 4.50. The van der Waals surface area contributed by atoms with E-state index in [2.05, 4.69) is 43.4 Å². The molecule has 0 bridgehead atoms. The van der Waals surface area contributed by atoms with Gasteiger partial charge in [-0.15, -0.1) is 0 Å². The summed E-state index contributed by atoms with van der Waals surface area (Å²) in [5.41, 5.74) is 15.7. The Morgan fingerprint density at radius 2 is 1.92 bits per heavy atom. The van der Waals surface area contributed by atoms with E-state index in [4.69, 9.17) is 16.5 Å². The second-order valence-electron chi connectivity index (χ2n) is 6.83. The van der Waals surface area contributed by atoms with Gasteiger partial charge in [-0.25, -0.2) is 0 Å². The first-order chi connectivity index (χ1) is 12.6. The average molecular weight is 343 g/mol. The van der Waals surface area contributed by atoms with Crippen LogP contribution in [-0.2, 0) is 0 Å². The SMILES string of the molecule is C[C@@]1(/C=C/C(=NC(N)c2cccc(N)c2)c2ccccc2)C=CC=CC1. The molecular weight excluding hydrogens is 318 g/mol. The number of anilines is 1. The minimum absolute atomic E-state index is 0.00836. The van der Waals surface area contributed by atoms with E-state index in [1.165, 1.54) is 0 Å². The molecule has 132 valence electrons. The molecule has 1 unspecified atom stereocenters. The van der Waals surface area contributed by atoms with Crippen LogP contribution in [0.3, 0.4) is 0 Å². The lowest BCUT2D eigenvalue weighted by Gasteiger charge is -2.22. The van der Waals surface area contributed by atoms with Crippen molar-refractivity contribution in [3.05, 3.63) is 102 Å². The lowest BCUT2D eigenvalue weighted by Crippen LogP contribution is -2.13. The number of allylic oxidation sites excluding steroid dienone is 6. The summed E-state index contributed by atoms with van der Waals surface area (Å²) in [5, 5.41) is 0. The maximum Gasteiger partial charge on any atom is 0.123 e. The fraction of sp³-hybridized carbons (Fsp3) is 0.174. The number of nitrogens with two attached hydrogens (primary N) is 2. The summed E-state index contributed by atoms with van der Waals surface area (Å²) < 4.78 is 0. The number of nitrogen functional groups attached to an aromatic ring is 1. The van der Waals surface area contributed by atoms with Crippen molar-refractivity contribution < 1.29 is 0 Å². The number of hydrogen-bond donors (Lipinski definition) is 2. The summed E-state index contributed by atoms with van der Waals surface area (Å²) in [6, 6.07) is 17.7. The van der Waals surface area contributed by atoms with E-state index in [-0.39, 0.29) is 5.41 Å². The Morgan fingerprint density at radius 1 is 1.12 bits per heavy atom. The molecule has 0 aromatic heterocycles. The highest BCUT2D eigenvalue weighted by molar-refractivity contribution is 6.08. The van der Waals surface area contributed by atoms with Crippen molar-refractivity contribution in [3.8, 4) is 0 Å². The zero-order valence-corrected chi connectivity index (χ0v) is 15.0. The highest BCUT2D eigenvalue weighted by Gasteiger charge is 2.17. The molecule has 3 rings (SSSR count). The standard InChI is InChI=1S/C23H25N3/c1-23(14-6-3-7-15-23)16-13-21(18-9-4-2-5-10-18)26-22(25)19-11-8-12-20(24)17-19/h2-14,16-17,22H,15,24-25H2,1H3/b16-13+,26-21?/t22?,23-/m1/s1. The van der Waals surface area contributed by atoms with Crippen molar-refractivity contribution in [2.45, 2.75) is 19.5 Å². The van der Waals surface area contributed by atoms with Crippen molar-refractivity contribution in [3.63, 3.8) is 0 Å². The number of benzene rings is 2. The molecule has 0 heterocycles. The van der Waals surface area contributed by atoms with Crippen LogP contribution < -0.4 is 11.5 Å².